The number of hydrogen-bond acceptors (Lipinski definition) is 2. The van der Waals surface area contributed by atoms with Crippen LogP contribution in [-0.2, 0) is 16.0 Å². The highest BCUT2D eigenvalue weighted by Crippen LogP contribution is 2.11. The van der Waals surface area contributed by atoms with Gasteiger partial charge in [0, 0.05) is 5.92 Å². The molecule has 4 nitrogen and oxygen atoms in total. The molecule has 1 amide bonds. The number of aliphatic carboxylic acids is 1. The lowest BCUT2D eigenvalue weighted by molar-refractivity contribution is -0.142. The zero-order valence-corrected chi connectivity index (χ0v) is 12.8. The molecule has 2 unspecified atom stereocenters. The standard InChI is InChI=1S/C17H25NO3/c1-3-8-15(17(20)21)18-16(19)13(2)9-7-12-14-10-5-4-6-11-14/h4-6,10-11,13,15H,3,7-9,12H2,1-2H3,(H,18,19)(H,20,21). The highest BCUT2D eigenvalue weighted by atomic mass is 16.4. The molecule has 0 saturated heterocycles. The molecule has 0 aliphatic carbocycles. The number of nitrogens with one attached hydrogen (secondary N) is 1. The number of carbonyl (C=O) groups is 2. The Labute approximate surface area is 126 Å². The van der Waals surface area contributed by atoms with Crippen LogP contribution in [0.15, 0.2) is 30.3 Å². The zero-order valence-electron chi connectivity index (χ0n) is 12.8. The zero-order chi connectivity index (χ0) is 15.7. The van der Waals surface area contributed by atoms with Gasteiger partial charge in [0.1, 0.15) is 6.04 Å². The highest BCUT2D eigenvalue weighted by molar-refractivity contribution is 5.84. The van der Waals surface area contributed by atoms with Crippen molar-refractivity contribution in [2.24, 2.45) is 5.92 Å². The summed E-state index contributed by atoms with van der Waals surface area (Å²) in [5, 5.41) is 11.7. The van der Waals surface area contributed by atoms with Crippen molar-refractivity contribution < 1.29 is 14.7 Å². The minimum absolute atomic E-state index is 0.160. The fraction of sp³-hybridized carbons (Fsp3) is 0.529. The number of rotatable bonds is 9. The molecule has 0 heterocycles. The Bertz CT molecular complexity index is 445. The van der Waals surface area contributed by atoms with E-state index in [1.807, 2.05) is 32.0 Å². The Kier molecular flexibility index (Phi) is 7.51. The van der Waals surface area contributed by atoms with Crippen LogP contribution in [0, 0.1) is 5.92 Å². The topological polar surface area (TPSA) is 66.4 Å². The molecule has 0 bridgehead atoms. The number of aryl methyl sites for hydroxylation is 1. The minimum Gasteiger partial charge on any atom is -0.480 e. The molecule has 2 atom stereocenters. The number of carboxylic acid groups (broad SMARTS) is 1. The fourth-order valence-electron chi connectivity index (χ4n) is 2.25. The third-order valence-corrected chi connectivity index (χ3v) is 3.58. The lowest BCUT2D eigenvalue weighted by atomic mass is 10.00. The van der Waals surface area contributed by atoms with Gasteiger partial charge in [-0.05, 0) is 31.2 Å². The van der Waals surface area contributed by atoms with Gasteiger partial charge in [-0.15, -0.1) is 0 Å². The smallest absolute Gasteiger partial charge is 0.326 e. The molecule has 0 saturated carbocycles. The van der Waals surface area contributed by atoms with Crippen LogP contribution in [0.2, 0.25) is 0 Å². The van der Waals surface area contributed by atoms with E-state index < -0.39 is 12.0 Å². The molecule has 21 heavy (non-hydrogen) atoms. The average Bonchev–Trinajstić information content (AvgIpc) is 2.47. The fourth-order valence-corrected chi connectivity index (χ4v) is 2.25. The molecule has 0 aromatic heterocycles. The largest absolute Gasteiger partial charge is 0.480 e. The van der Waals surface area contributed by atoms with E-state index in [4.69, 9.17) is 5.11 Å². The lowest BCUT2D eigenvalue weighted by Gasteiger charge is -2.17. The van der Waals surface area contributed by atoms with Gasteiger partial charge in [0.15, 0.2) is 0 Å². The predicted molar refractivity (Wildman–Crippen MR) is 83.0 cm³/mol. The van der Waals surface area contributed by atoms with Crippen molar-refractivity contribution in [1.82, 2.24) is 5.32 Å². The first kappa shape index (κ1) is 17.2. The van der Waals surface area contributed by atoms with Gasteiger partial charge in [0.25, 0.3) is 0 Å². The van der Waals surface area contributed by atoms with Crippen molar-refractivity contribution in [3.63, 3.8) is 0 Å². The summed E-state index contributed by atoms with van der Waals surface area (Å²) in [4.78, 5) is 23.0. The van der Waals surface area contributed by atoms with E-state index in [9.17, 15) is 9.59 Å². The van der Waals surface area contributed by atoms with Crippen LogP contribution in [-0.4, -0.2) is 23.0 Å². The number of hydrogen-bond donors (Lipinski definition) is 2. The predicted octanol–water partition coefficient (Wildman–Crippen LogP) is 3.01. The van der Waals surface area contributed by atoms with E-state index >= 15 is 0 Å². The third kappa shape index (κ3) is 6.43. The van der Waals surface area contributed by atoms with Gasteiger partial charge in [-0.1, -0.05) is 50.6 Å². The van der Waals surface area contributed by atoms with E-state index in [0.29, 0.717) is 6.42 Å². The van der Waals surface area contributed by atoms with E-state index in [1.54, 1.807) is 0 Å². The molecule has 2 N–H and O–H groups in total. The molecule has 0 fully saturated rings. The van der Waals surface area contributed by atoms with E-state index in [-0.39, 0.29) is 11.8 Å². The lowest BCUT2D eigenvalue weighted by Crippen LogP contribution is -2.43. The summed E-state index contributed by atoms with van der Waals surface area (Å²) in [6.07, 6.45) is 3.83. The Morgan fingerprint density at radius 3 is 2.43 bits per heavy atom. The van der Waals surface area contributed by atoms with Crippen LogP contribution in [0.4, 0.5) is 0 Å². The number of benzene rings is 1. The second-order valence-corrected chi connectivity index (χ2v) is 5.47. The molecule has 0 aliphatic rings. The Morgan fingerprint density at radius 1 is 1.19 bits per heavy atom. The Balaban J connectivity index is 2.35. The van der Waals surface area contributed by atoms with Crippen molar-refractivity contribution in [3.05, 3.63) is 35.9 Å². The number of amides is 1. The average molecular weight is 291 g/mol. The number of carboxylic acids is 1. The van der Waals surface area contributed by atoms with E-state index in [1.165, 1.54) is 5.56 Å². The molecular weight excluding hydrogens is 266 g/mol. The summed E-state index contributed by atoms with van der Waals surface area (Å²) < 4.78 is 0. The summed E-state index contributed by atoms with van der Waals surface area (Å²) in [5.41, 5.74) is 1.26. The highest BCUT2D eigenvalue weighted by Gasteiger charge is 2.21. The molecular formula is C17H25NO3. The summed E-state index contributed by atoms with van der Waals surface area (Å²) >= 11 is 0. The van der Waals surface area contributed by atoms with Crippen LogP contribution >= 0.6 is 0 Å². The third-order valence-electron chi connectivity index (χ3n) is 3.58. The van der Waals surface area contributed by atoms with Gasteiger partial charge in [0.2, 0.25) is 5.91 Å². The molecule has 0 radical (unpaired) electrons. The normalized spacial score (nSPS) is 13.4. The van der Waals surface area contributed by atoms with Crippen LogP contribution < -0.4 is 5.32 Å². The minimum atomic E-state index is -0.957. The quantitative estimate of drug-likeness (QED) is 0.735. The van der Waals surface area contributed by atoms with Crippen molar-refractivity contribution in [2.45, 2.75) is 52.0 Å². The van der Waals surface area contributed by atoms with Crippen LogP contribution in [0.1, 0.15) is 45.1 Å². The van der Waals surface area contributed by atoms with E-state index in [2.05, 4.69) is 17.4 Å². The van der Waals surface area contributed by atoms with Gasteiger partial charge in [-0.2, -0.15) is 0 Å². The molecule has 0 spiro atoms. The molecule has 0 aliphatic heterocycles. The van der Waals surface area contributed by atoms with Crippen LogP contribution in [0.5, 0.6) is 0 Å². The van der Waals surface area contributed by atoms with Gasteiger partial charge in [-0.3, -0.25) is 4.79 Å². The second kappa shape index (κ2) is 9.16. The van der Waals surface area contributed by atoms with Crippen molar-refractivity contribution in [2.75, 3.05) is 0 Å². The SMILES string of the molecule is CCCC(NC(=O)C(C)CCCc1ccccc1)C(=O)O. The number of carbonyl (C=O) groups excluding carboxylic acids is 1. The van der Waals surface area contributed by atoms with Crippen molar-refractivity contribution in [1.29, 1.82) is 0 Å². The van der Waals surface area contributed by atoms with Crippen molar-refractivity contribution in [3.8, 4) is 0 Å². The molecule has 1 aromatic rings. The molecule has 116 valence electrons. The van der Waals surface area contributed by atoms with Crippen LogP contribution in [0.25, 0.3) is 0 Å². The first-order valence-corrected chi connectivity index (χ1v) is 7.61. The summed E-state index contributed by atoms with van der Waals surface area (Å²) in [7, 11) is 0. The van der Waals surface area contributed by atoms with Crippen LogP contribution in [0.3, 0.4) is 0 Å². The Hall–Kier alpha value is -1.84. The maximum absolute atomic E-state index is 12.0. The first-order chi connectivity index (χ1) is 10.0. The van der Waals surface area contributed by atoms with Gasteiger partial charge in [0.05, 0.1) is 0 Å². The maximum atomic E-state index is 12.0. The summed E-state index contributed by atoms with van der Waals surface area (Å²) in [6.45, 7) is 3.76. The maximum Gasteiger partial charge on any atom is 0.326 e. The van der Waals surface area contributed by atoms with Crippen molar-refractivity contribution >= 4 is 11.9 Å². The van der Waals surface area contributed by atoms with E-state index in [0.717, 1.165) is 25.7 Å². The Morgan fingerprint density at radius 2 is 1.86 bits per heavy atom. The first-order valence-electron chi connectivity index (χ1n) is 7.61. The monoisotopic (exact) mass is 291 g/mol. The van der Waals surface area contributed by atoms with Gasteiger partial charge < -0.3 is 10.4 Å². The summed E-state index contributed by atoms with van der Waals surface area (Å²) in [6, 6.07) is 9.39. The van der Waals surface area contributed by atoms with Gasteiger partial charge >= 0.3 is 5.97 Å². The molecule has 1 aromatic carbocycles. The summed E-state index contributed by atoms with van der Waals surface area (Å²) in [5.74, 6) is -1.28. The molecule has 1 rings (SSSR count). The van der Waals surface area contributed by atoms with Gasteiger partial charge in [-0.25, -0.2) is 4.79 Å². The second-order valence-electron chi connectivity index (χ2n) is 5.47. The molecule has 4 heteroatoms.